The first kappa shape index (κ1) is 15.2. The van der Waals surface area contributed by atoms with Crippen LogP contribution in [0.4, 0.5) is 5.69 Å². The van der Waals surface area contributed by atoms with Crippen LogP contribution in [0.3, 0.4) is 0 Å². The van der Waals surface area contributed by atoms with Crippen molar-refractivity contribution in [2.75, 3.05) is 12.1 Å². The van der Waals surface area contributed by atoms with E-state index >= 15 is 0 Å². The van der Waals surface area contributed by atoms with E-state index in [0.717, 1.165) is 5.56 Å². The average molecular weight is 313 g/mol. The maximum atomic E-state index is 12.4. The van der Waals surface area contributed by atoms with E-state index in [-0.39, 0.29) is 12.7 Å². The SMILES string of the molecule is CC[C@H](Oc1cccc(C)c1)C(=O)Nc1ccc2c(c1)OCO2. The molecule has 0 radical (unpaired) electrons. The first-order chi connectivity index (χ1) is 11.2. The second-order valence-electron chi connectivity index (χ2n) is 5.39. The van der Waals surface area contributed by atoms with Crippen LogP contribution in [0.1, 0.15) is 18.9 Å². The normalized spacial score (nSPS) is 13.5. The van der Waals surface area contributed by atoms with Crippen molar-refractivity contribution in [1.82, 2.24) is 0 Å². The molecular formula is C18H19NO4. The number of carbonyl (C=O) groups excluding carboxylic acids is 1. The van der Waals surface area contributed by atoms with E-state index in [1.807, 2.05) is 38.1 Å². The predicted octanol–water partition coefficient (Wildman–Crippen LogP) is 3.52. The lowest BCUT2D eigenvalue weighted by molar-refractivity contribution is -0.122. The molecule has 0 aliphatic carbocycles. The van der Waals surface area contributed by atoms with Crippen molar-refractivity contribution in [2.24, 2.45) is 0 Å². The molecule has 2 aromatic carbocycles. The lowest BCUT2D eigenvalue weighted by Gasteiger charge is -2.17. The Labute approximate surface area is 135 Å². The highest BCUT2D eigenvalue weighted by atomic mass is 16.7. The number of ether oxygens (including phenoxy) is 3. The van der Waals surface area contributed by atoms with Crippen LogP contribution in [-0.2, 0) is 4.79 Å². The van der Waals surface area contributed by atoms with Gasteiger partial charge in [-0.1, -0.05) is 19.1 Å². The average Bonchev–Trinajstić information content (AvgIpc) is 3.00. The van der Waals surface area contributed by atoms with E-state index in [2.05, 4.69) is 5.32 Å². The molecule has 120 valence electrons. The zero-order valence-electron chi connectivity index (χ0n) is 13.2. The third kappa shape index (κ3) is 3.56. The summed E-state index contributed by atoms with van der Waals surface area (Å²) in [6.45, 7) is 4.11. The van der Waals surface area contributed by atoms with Crippen molar-refractivity contribution in [3.63, 3.8) is 0 Å². The number of aryl methyl sites for hydroxylation is 1. The van der Waals surface area contributed by atoms with Crippen molar-refractivity contribution in [3.05, 3.63) is 48.0 Å². The van der Waals surface area contributed by atoms with Crippen molar-refractivity contribution in [1.29, 1.82) is 0 Å². The number of rotatable bonds is 5. The summed E-state index contributed by atoms with van der Waals surface area (Å²) < 4.78 is 16.4. The first-order valence-corrected chi connectivity index (χ1v) is 7.59. The number of benzene rings is 2. The predicted molar refractivity (Wildman–Crippen MR) is 87.1 cm³/mol. The van der Waals surface area contributed by atoms with Crippen LogP contribution in [0.2, 0.25) is 0 Å². The third-order valence-electron chi connectivity index (χ3n) is 3.57. The topological polar surface area (TPSA) is 56.8 Å². The quantitative estimate of drug-likeness (QED) is 0.917. The van der Waals surface area contributed by atoms with E-state index < -0.39 is 6.10 Å². The molecule has 1 aliphatic rings. The number of nitrogens with one attached hydrogen (secondary N) is 1. The first-order valence-electron chi connectivity index (χ1n) is 7.59. The van der Waals surface area contributed by atoms with Crippen LogP contribution < -0.4 is 19.5 Å². The summed E-state index contributed by atoms with van der Waals surface area (Å²) in [5, 5.41) is 2.86. The second-order valence-corrected chi connectivity index (χ2v) is 5.39. The van der Waals surface area contributed by atoms with Gasteiger partial charge in [0.05, 0.1) is 0 Å². The van der Waals surface area contributed by atoms with Crippen LogP contribution in [0, 0.1) is 6.92 Å². The van der Waals surface area contributed by atoms with Crippen molar-refractivity contribution in [2.45, 2.75) is 26.4 Å². The monoisotopic (exact) mass is 313 g/mol. The summed E-state index contributed by atoms with van der Waals surface area (Å²) in [6.07, 6.45) is 0.0202. The third-order valence-corrected chi connectivity index (χ3v) is 3.57. The van der Waals surface area contributed by atoms with Gasteiger partial charge in [-0.15, -0.1) is 0 Å². The molecule has 0 bridgehead atoms. The smallest absolute Gasteiger partial charge is 0.265 e. The number of hydrogen-bond donors (Lipinski definition) is 1. The van der Waals surface area contributed by atoms with Gasteiger partial charge in [0.25, 0.3) is 5.91 Å². The molecule has 0 fully saturated rings. The van der Waals surface area contributed by atoms with E-state index in [4.69, 9.17) is 14.2 Å². The molecule has 1 aliphatic heterocycles. The van der Waals surface area contributed by atoms with Gasteiger partial charge in [0.15, 0.2) is 17.6 Å². The van der Waals surface area contributed by atoms with Gasteiger partial charge in [-0.05, 0) is 43.2 Å². The van der Waals surface area contributed by atoms with Gasteiger partial charge in [-0.25, -0.2) is 0 Å². The highest BCUT2D eigenvalue weighted by molar-refractivity contribution is 5.94. The summed E-state index contributed by atoms with van der Waals surface area (Å²) in [6, 6.07) is 13.0. The van der Waals surface area contributed by atoms with Gasteiger partial charge in [-0.2, -0.15) is 0 Å². The minimum absolute atomic E-state index is 0.187. The van der Waals surface area contributed by atoms with Gasteiger partial charge >= 0.3 is 0 Å². The van der Waals surface area contributed by atoms with E-state index in [1.54, 1.807) is 18.2 Å². The lowest BCUT2D eigenvalue weighted by atomic mass is 10.2. The standard InChI is InChI=1S/C18H19NO4/c1-3-15(23-14-6-4-5-12(2)9-14)18(20)19-13-7-8-16-17(10-13)22-11-21-16/h4-10,15H,3,11H2,1-2H3,(H,19,20)/t15-/m0/s1. The van der Waals surface area contributed by atoms with Crippen LogP contribution in [0.5, 0.6) is 17.2 Å². The largest absolute Gasteiger partial charge is 0.481 e. The fourth-order valence-corrected chi connectivity index (χ4v) is 2.37. The van der Waals surface area contributed by atoms with Crippen molar-refractivity contribution < 1.29 is 19.0 Å². The highest BCUT2D eigenvalue weighted by Crippen LogP contribution is 2.34. The Bertz CT molecular complexity index is 714. The molecule has 5 nitrogen and oxygen atoms in total. The molecule has 0 unspecified atom stereocenters. The second kappa shape index (κ2) is 6.60. The molecule has 0 saturated heterocycles. The molecule has 1 amide bonds. The van der Waals surface area contributed by atoms with Gasteiger partial charge in [0, 0.05) is 11.8 Å². The zero-order chi connectivity index (χ0) is 16.2. The Morgan fingerprint density at radius 1 is 1.22 bits per heavy atom. The van der Waals surface area contributed by atoms with Gasteiger partial charge in [0.1, 0.15) is 5.75 Å². The number of carbonyl (C=O) groups is 1. The van der Waals surface area contributed by atoms with Crippen molar-refractivity contribution >= 4 is 11.6 Å². The maximum absolute atomic E-state index is 12.4. The number of amides is 1. The Kier molecular flexibility index (Phi) is 4.37. The van der Waals surface area contributed by atoms with E-state index in [1.165, 1.54) is 0 Å². The molecule has 23 heavy (non-hydrogen) atoms. The Morgan fingerprint density at radius 3 is 2.83 bits per heavy atom. The van der Waals surface area contributed by atoms with Crippen LogP contribution >= 0.6 is 0 Å². The van der Waals surface area contributed by atoms with Gasteiger partial charge in [-0.3, -0.25) is 4.79 Å². The van der Waals surface area contributed by atoms with E-state index in [0.29, 0.717) is 29.4 Å². The molecule has 1 N–H and O–H groups in total. The van der Waals surface area contributed by atoms with Gasteiger partial charge in [0.2, 0.25) is 6.79 Å². The van der Waals surface area contributed by atoms with Crippen LogP contribution in [-0.4, -0.2) is 18.8 Å². The molecule has 1 heterocycles. The fourth-order valence-electron chi connectivity index (χ4n) is 2.37. The zero-order valence-corrected chi connectivity index (χ0v) is 13.2. The lowest BCUT2D eigenvalue weighted by Crippen LogP contribution is -2.32. The summed E-state index contributed by atoms with van der Waals surface area (Å²) in [5.74, 6) is 1.83. The van der Waals surface area contributed by atoms with E-state index in [9.17, 15) is 4.79 Å². The molecule has 3 rings (SSSR count). The Balaban J connectivity index is 1.68. The summed E-state index contributed by atoms with van der Waals surface area (Å²) >= 11 is 0. The number of fused-ring (bicyclic) bond motifs is 1. The number of anilines is 1. The summed E-state index contributed by atoms with van der Waals surface area (Å²) in [5.41, 5.74) is 1.75. The molecular weight excluding hydrogens is 294 g/mol. The Hall–Kier alpha value is -2.69. The molecule has 0 saturated carbocycles. The number of hydrogen-bond acceptors (Lipinski definition) is 4. The van der Waals surface area contributed by atoms with Crippen LogP contribution in [0.15, 0.2) is 42.5 Å². The molecule has 0 aromatic heterocycles. The summed E-state index contributed by atoms with van der Waals surface area (Å²) in [4.78, 5) is 12.4. The fraction of sp³-hybridized carbons (Fsp3) is 0.278. The van der Waals surface area contributed by atoms with Crippen molar-refractivity contribution in [3.8, 4) is 17.2 Å². The van der Waals surface area contributed by atoms with Crippen LogP contribution in [0.25, 0.3) is 0 Å². The Morgan fingerprint density at radius 2 is 2.04 bits per heavy atom. The highest BCUT2D eigenvalue weighted by Gasteiger charge is 2.20. The minimum atomic E-state index is -0.553. The summed E-state index contributed by atoms with van der Waals surface area (Å²) in [7, 11) is 0. The van der Waals surface area contributed by atoms with Gasteiger partial charge < -0.3 is 19.5 Å². The molecule has 0 spiro atoms. The minimum Gasteiger partial charge on any atom is -0.481 e. The molecule has 1 atom stereocenters. The maximum Gasteiger partial charge on any atom is 0.265 e. The molecule has 2 aromatic rings. The molecule has 5 heteroatoms.